The van der Waals surface area contributed by atoms with Crippen molar-refractivity contribution in [3.63, 3.8) is 0 Å². The van der Waals surface area contributed by atoms with Gasteiger partial charge in [-0.05, 0) is 106 Å². The highest BCUT2D eigenvalue weighted by atomic mass is 32.1. The van der Waals surface area contributed by atoms with Gasteiger partial charge in [0.15, 0.2) is 0 Å². The average Bonchev–Trinajstić information content (AvgIpc) is 3.04. The number of aliphatic hydroxyl groups excluding tert-OH is 4. The van der Waals surface area contributed by atoms with Gasteiger partial charge >= 0.3 is 11.9 Å². The molecule has 0 saturated heterocycles. The smallest absolute Gasteiger partial charge is 0.333 e. The molecule has 0 aromatic rings. The number of thiol groups is 1. The summed E-state index contributed by atoms with van der Waals surface area (Å²) in [6.45, 7) is 19.8. The fourth-order valence-electron chi connectivity index (χ4n) is 10.9. The lowest BCUT2D eigenvalue weighted by Crippen LogP contribution is -2.70. The lowest BCUT2D eigenvalue weighted by atomic mass is 9.39. The third-order valence-electron chi connectivity index (χ3n) is 14.1. The van der Waals surface area contributed by atoms with Crippen LogP contribution in [0.5, 0.6) is 0 Å². The molecule has 272 valence electrons. The van der Waals surface area contributed by atoms with Crippen LogP contribution in [-0.2, 0) is 19.1 Å². The molecular weight excluding hydrogens is 628 g/mol. The maximum Gasteiger partial charge on any atom is 0.333 e. The topological polar surface area (TPSA) is 134 Å². The predicted molar refractivity (Wildman–Crippen MR) is 190 cm³/mol. The van der Waals surface area contributed by atoms with Gasteiger partial charge in [-0.15, -0.1) is 13.2 Å². The van der Waals surface area contributed by atoms with E-state index >= 15 is 0 Å². The van der Waals surface area contributed by atoms with Crippen molar-refractivity contribution in [3.8, 4) is 0 Å². The van der Waals surface area contributed by atoms with Crippen molar-refractivity contribution in [1.82, 2.24) is 0 Å². The molecule has 8 nitrogen and oxygen atoms in total. The summed E-state index contributed by atoms with van der Waals surface area (Å²) >= 11 is 5.67. The van der Waals surface area contributed by atoms with Crippen molar-refractivity contribution in [1.29, 1.82) is 0 Å². The number of hydrogen-bond acceptors (Lipinski definition) is 9. The summed E-state index contributed by atoms with van der Waals surface area (Å²) in [5.41, 5.74) is -2.07. The van der Waals surface area contributed by atoms with Crippen LogP contribution in [0.4, 0.5) is 0 Å². The van der Waals surface area contributed by atoms with Crippen LogP contribution in [0.15, 0.2) is 37.0 Å². The number of esters is 2. The standard InChI is InChI=1S/C39H62O8S/c1-9-12-14-31(42)46-23-38-26(19-25(5)32(43)33(38)44)20-35(6,21-30(38)41)39(48)18-15-27-36(7,28(39)13-10-2)17-16-29(40)37(27,8)22-47-34(45)24(4)11-3/h9-11,25-30,32-33,40-41,43-44,48H,1-2,12-23H2,3-8H3/b24-11+/t25-,26?,27?,28?,29+,30-,32-,33+,35+,36?,37-,38+,39?/m1/s1. The number of hydrogen-bond donors (Lipinski definition) is 5. The number of fused-ring (bicyclic) bond motifs is 2. The Bertz CT molecular complexity index is 1250. The Labute approximate surface area is 293 Å². The van der Waals surface area contributed by atoms with Crippen LogP contribution in [0, 0.1) is 45.3 Å². The molecule has 5 unspecified atom stereocenters. The van der Waals surface area contributed by atoms with Gasteiger partial charge in [0.1, 0.15) is 6.61 Å². The summed E-state index contributed by atoms with van der Waals surface area (Å²) in [7, 11) is 0. The zero-order chi connectivity index (χ0) is 35.9. The van der Waals surface area contributed by atoms with Crippen molar-refractivity contribution >= 4 is 24.6 Å². The van der Waals surface area contributed by atoms with Crippen LogP contribution in [0.2, 0.25) is 0 Å². The number of aliphatic hydroxyl groups is 4. The fourth-order valence-corrected chi connectivity index (χ4v) is 11.6. The van der Waals surface area contributed by atoms with E-state index in [0.717, 1.165) is 19.3 Å². The van der Waals surface area contributed by atoms with Crippen LogP contribution in [0.1, 0.15) is 106 Å². The molecule has 0 heterocycles. The predicted octanol–water partition coefficient (Wildman–Crippen LogP) is 5.97. The molecule has 4 aliphatic carbocycles. The number of allylic oxidation sites excluding steroid dienone is 3. The quantitative estimate of drug-likeness (QED) is 0.0776. The third kappa shape index (κ3) is 6.37. The van der Waals surface area contributed by atoms with E-state index in [4.69, 9.17) is 22.1 Å². The first-order valence-corrected chi connectivity index (χ1v) is 18.5. The molecule has 9 heteroatoms. The number of carbonyl (C=O) groups excluding carboxylic acids is 2. The van der Waals surface area contributed by atoms with Crippen molar-refractivity contribution < 1.29 is 39.5 Å². The molecule has 4 N–H and O–H groups in total. The molecule has 0 aromatic heterocycles. The highest BCUT2D eigenvalue weighted by Crippen LogP contribution is 2.71. The van der Waals surface area contributed by atoms with Gasteiger partial charge in [0.2, 0.25) is 0 Å². The van der Waals surface area contributed by atoms with Crippen LogP contribution in [0.25, 0.3) is 0 Å². The maximum atomic E-state index is 12.7. The largest absolute Gasteiger partial charge is 0.465 e. The van der Waals surface area contributed by atoms with Gasteiger partial charge in [-0.3, -0.25) is 4.79 Å². The average molecular weight is 691 g/mol. The third-order valence-corrected chi connectivity index (χ3v) is 15.2. The molecule has 0 bridgehead atoms. The van der Waals surface area contributed by atoms with E-state index in [1.807, 2.05) is 13.0 Å². The van der Waals surface area contributed by atoms with Crippen LogP contribution >= 0.6 is 12.6 Å². The second-order valence-corrected chi connectivity index (χ2v) is 17.4. The van der Waals surface area contributed by atoms with Crippen LogP contribution in [0.3, 0.4) is 0 Å². The minimum atomic E-state index is -1.25. The van der Waals surface area contributed by atoms with Crippen LogP contribution in [-0.4, -0.2) is 74.7 Å². The number of rotatable bonds is 11. The van der Waals surface area contributed by atoms with Gasteiger partial charge in [0, 0.05) is 22.2 Å². The summed E-state index contributed by atoms with van der Waals surface area (Å²) in [5, 5.41) is 46.4. The Balaban J connectivity index is 1.70. The zero-order valence-corrected chi connectivity index (χ0v) is 31.0. The van der Waals surface area contributed by atoms with E-state index in [9.17, 15) is 30.0 Å². The molecule has 4 rings (SSSR count). The van der Waals surface area contributed by atoms with Gasteiger partial charge in [0.05, 0.1) is 36.4 Å². The summed E-state index contributed by atoms with van der Waals surface area (Å²) in [5.74, 6) is -1.13. The Hall–Kier alpha value is -1.65. The summed E-state index contributed by atoms with van der Waals surface area (Å²) in [6, 6.07) is 0. The second kappa shape index (κ2) is 14.5. The van der Waals surface area contributed by atoms with Crippen molar-refractivity contribution in [3.05, 3.63) is 37.0 Å². The molecular formula is C39H62O8S. The first-order valence-electron chi connectivity index (χ1n) is 18.0. The molecule has 4 fully saturated rings. The Morgan fingerprint density at radius 3 is 2.27 bits per heavy atom. The minimum Gasteiger partial charge on any atom is -0.465 e. The molecule has 13 atom stereocenters. The first-order chi connectivity index (χ1) is 22.4. The van der Waals surface area contributed by atoms with Crippen molar-refractivity contribution in [2.24, 2.45) is 45.3 Å². The fraction of sp³-hybridized carbons (Fsp3) is 0.795. The van der Waals surface area contributed by atoms with E-state index < -0.39 is 51.4 Å². The van der Waals surface area contributed by atoms with Gasteiger partial charge < -0.3 is 29.9 Å². The van der Waals surface area contributed by atoms with Gasteiger partial charge in [0.25, 0.3) is 0 Å². The van der Waals surface area contributed by atoms with E-state index in [0.29, 0.717) is 44.1 Å². The Morgan fingerprint density at radius 1 is 0.958 bits per heavy atom. The Kier molecular flexibility index (Phi) is 11.8. The second-order valence-electron chi connectivity index (χ2n) is 16.6. The summed E-state index contributed by atoms with van der Waals surface area (Å²) in [4.78, 5) is 25.3. The van der Waals surface area contributed by atoms with E-state index in [1.54, 1.807) is 26.0 Å². The summed E-state index contributed by atoms with van der Waals surface area (Å²) < 4.78 is 11.0. The first kappa shape index (κ1) is 39.1. The molecule has 4 saturated carbocycles. The maximum absolute atomic E-state index is 12.7. The molecule has 4 aliphatic rings. The zero-order valence-electron chi connectivity index (χ0n) is 30.1. The minimum absolute atomic E-state index is 0.0299. The lowest BCUT2D eigenvalue weighted by molar-refractivity contribution is -0.248. The van der Waals surface area contributed by atoms with E-state index in [1.165, 1.54) is 0 Å². The van der Waals surface area contributed by atoms with Gasteiger partial charge in [-0.25, -0.2) is 4.79 Å². The van der Waals surface area contributed by atoms with Crippen molar-refractivity contribution in [2.45, 2.75) is 135 Å². The van der Waals surface area contributed by atoms with E-state index in [-0.39, 0.29) is 54.7 Å². The van der Waals surface area contributed by atoms with Gasteiger partial charge in [-0.2, -0.15) is 12.6 Å². The highest BCUT2D eigenvalue weighted by Gasteiger charge is 2.70. The normalized spacial score (nSPS) is 46.1. The summed E-state index contributed by atoms with van der Waals surface area (Å²) in [6.07, 6.45) is 7.09. The van der Waals surface area contributed by atoms with Crippen LogP contribution < -0.4 is 0 Å². The van der Waals surface area contributed by atoms with E-state index in [2.05, 4.69) is 33.9 Å². The van der Waals surface area contributed by atoms with Crippen molar-refractivity contribution in [2.75, 3.05) is 13.2 Å². The SMILES string of the molecule is C=CCCC(=O)OC[C@@]12C(C[C@@H](C)[C@@H](O)[C@@H]1O)C[C@](C)(C1(S)CCC3C(C)(CC[C@H](O)[C@]3(C)COC(=O)/C(C)=C/C)C1CC=C)C[C@H]2O. The molecule has 0 aromatic carbocycles. The molecule has 0 radical (unpaired) electrons. The lowest BCUT2D eigenvalue weighted by Gasteiger charge is -2.69. The number of carbonyl (C=O) groups is 2. The Morgan fingerprint density at radius 2 is 1.65 bits per heavy atom. The van der Waals surface area contributed by atoms with Gasteiger partial charge in [-0.1, -0.05) is 45.9 Å². The number of ether oxygens (including phenoxy) is 2. The molecule has 0 amide bonds. The molecule has 0 spiro atoms. The highest BCUT2D eigenvalue weighted by molar-refractivity contribution is 7.81. The molecule has 48 heavy (non-hydrogen) atoms. The monoisotopic (exact) mass is 690 g/mol. The molecule has 0 aliphatic heterocycles.